The molecule has 3 heteroatoms. The molecule has 3 aromatic rings. The Morgan fingerprint density at radius 1 is 1.00 bits per heavy atom. The average molecular weight is 354 g/mol. The monoisotopic (exact) mass is 353 g/mol. The second-order valence-corrected chi connectivity index (χ2v) is 6.19. The zero-order valence-electron chi connectivity index (χ0n) is 12.5. The molecule has 0 N–H and O–H groups in total. The maximum atomic E-state index is 12.1. The molecule has 0 fully saturated rings. The lowest BCUT2D eigenvalue weighted by Crippen LogP contribution is -1.99. The van der Waals surface area contributed by atoms with E-state index in [1.807, 2.05) is 67.7 Å². The number of aromatic nitrogens is 1. The molecule has 0 saturated carbocycles. The molecule has 22 heavy (non-hydrogen) atoms. The summed E-state index contributed by atoms with van der Waals surface area (Å²) in [5.74, 6) is 0.0881. The topological polar surface area (TPSA) is 22.0 Å². The number of nitrogens with zero attached hydrogens (tertiary/aromatic N) is 1. The van der Waals surface area contributed by atoms with E-state index in [1.165, 1.54) is 0 Å². The summed E-state index contributed by atoms with van der Waals surface area (Å²) in [6.45, 7) is 3.62. The fourth-order valence-electron chi connectivity index (χ4n) is 2.76. The fraction of sp³-hybridized carbons (Fsp3) is 0.105. The maximum Gasteiger partial charge on any atom is 0.162 e. The Bertz CT molecular complexity index is 817. The number of ketones is 1. The van der Waals surface area contributed by atoms with Crippen LogP contribution in [0.4, 0.5) is 0 Å². The molecule has 110 valence electrons. The van der Waals surface area contributed by atoms with Crippen LogP contribution >= 0.6 is 15.9 Å². The molecule has 2 nitrogen and oxygen atoms in total. The molecule has 0 aliphatic heterocycles. The van der Waals surface area contributed by atoms with Gasteiger partial charge in [0.15, 0.2) is 5.78 Å². The van der Waals surface area contributed by atoms with Crippen molar-refractivity contribution in [1.29, 1.82) is 0 Å². The fourth-order valence-corrected chi connectivity index (χ4v) is 3.02. The van der Waals surface area contributed by atoms with Crippen molar-refractivity contribution in [2.75, 3.05) is 0 Å². The Kier molecular flexibility index (Phi) is 3.99. The number of hydrogen-bond donors (Lipinski definition) is 0. The molecular weight excluding hydrogens is 338 g/mol. The van der Waals surface area contributed by atoms with Crippen molar-refractivity contribution < 1.29 is 4.79 Å². The molecule has 0 spiro atoms. The Labute approximate surface area is 138 Å². The second kappa shape index (κ2) is 5.93. The van der Waals surface area contributed by atoms with Crippen LogP contribution in [0.15, 0.2) is 65.3 Å². The van der Waals surface area contributed by atoms with Crippen LogP contribution in [0, 0.1) is 6.92 Å². The Balaban J connectivity index is 2.22. The van der Waals surface area contributed by atoms with Gasteiger partial charge in [-0.15, -0.1) is 0 Å². The average Bonchev–Trinajstić information content (AvgIpc) is 2.86. The van der Waals surface area contributed by atoms with Gasteiger partial charge in [0.2, 0.25) is 0 Å². The van der Waals surface area contributed by atoms with E-state index in [-0.39, 0.29) is 5.78 Å². The minimum Gasteiger partial charge on any atom is -0.320 e. The van der Waals surface area contributed by atoms with Crippen molar-refractivity contribution in [3.63, 3.8) is 0 Å². The van der Waals surface area contributed by atoms with E-state index in [9.17, 15) is 4.79 Å². The predicted molar refractivity (Wildman–Crippen MR) is 93.6 cm³/mol. The van der Waals surface area contributed by atoms with Gasteiger partial charge in [0.25, 0.3) is 0 Å². The molecular formula is C19H16BrNO. The van der Waals surface area contributed by atoms with Gasteiger partial charge in [-0.25, -0.2) is 0 Å². The van der Waals surface area contributed by atoms with Crippen LogP contribution in [0.2, 0.25) is 0 Å². The highest BCUT2D eigenvalue weighted by Gasteiger charge is 2.18. The summed E-state index contributed by atoms with van der Waals surface area (Å²) < 4.78 is 3.11. The van der Waals surface area contributed by atoms with Crippen LogP contribution in [0.25, 0.3) is 16.8 Å². The molecule has 0 atom stereocenters. The SMILES string of the molecule is CC(=O)c1c(-c2ccc(Br)cc2)cn(-c2ccccc2)c1C. The molecule has 3 rings (SSSR count). The van der Waals surface area contributed by atoms with Gasteiger partial charge < -0.3 is 4.57 Å². The van der Waals surface area contributed by atoms with Gasteiger partial charge in [-0.3, -0.25) is 4.79 Å². The van der Waals surface area contributed by atoms with Crippen LogP contribution in [0.1, 0.15) is 23.0 Å². The van der Waals surface area contributed by atoms with Crippen LogP contribution in [0.3, 0.4) is 0 Å². The smallest absolute Gasteiger partial charge is 0.162 e. The molecule has 0 aliphatic rings. The molecule has 0 amide bonds. The van der Waals surface area contributed by atoms with Gasteiger partial charge in [0.05, 0.1) is 0 Å². The van der Waals surface area contributed by atoms with Crippen molar-refractivity contribution in [3.05, 3.63) is 76.5 Å². The lowest BCUT2D eigenvalue weighted by atomic mass is 10.0. The lowest BCUT2D eigenvalue weighted by molar-refractivity contribution is 0.101. The maximum absolute atomic E-state index is 12.1. The van der Waals surface area contributed by atoms with E-state index >= 15 is 0 Å². The lowest BCUT2D eigenvalue weighted by Gasteiger charge is -2.05. The summed E-state index contributed by atoms with van der Waals surface area (Å²) in [6, 6.07) is 18.1. The first kappa shape index (κ1) is 14.8. The van der Waals surface area contributed by atoms with Crippen LogP contribution < -0.4 is 0 Å². The van der Waals surface area contributed by atoms with Gasteiger partial charge in [-0.05, 0) is 43.7 Å². The summed E-state index contributed by atoms with van der Waals surface area (Å²) in [6.07, 6.45) is 2.05. The molecule has 0 radical (unpaired) electrons. The number of halogens is 1. The highest BCUT2D eigenvalue weighted by atomic mass is 79.9. The van der Waals surface area contributed by atoms with Gasteiger partial charge >= 0.3 is 0 Å². The number of hydrogen-bond acceptors (Lipinski definition) is 1. The first-order chi connectivity index (χ1) is 10.6. The first-order valence-corrected chi connectivity index (χ1v) is 7.91. The number of para-hydroxylation sites is 1. The minimum absolute atomic E-state index is 0.0881. The third-order valence-electron chi connectivity index (χ3n) is 3.79. The number of rotatable bonds is 3. The number of benzene rings is 2. The molecule has 0 unspecified atom stereocenters. The molecule has 1 heterocycles. The van der Waals surface area contributed by atoms with E-state index in [4.69, 9.17) is 0 Å². The Hall–Kier alpha value is -2.13. The number of carbonyl (C=O) groups excluding carboxylic acids is 1. The van der Waals surface area contributed by atoms with E-state index in [1.54, 1.807) is 6.92 Å². The standard InChI is InChI=1S/C19H16BrNO/c1-13-19(14(2)22)18(15-8-10-16(20)11-9-15)12-21(13)17-6-4-3-5-7-17/h3-12H,1-2H3. The molecule has 0 aliphatic carbocycles. The number of Topliss-reactive ketones (excluding diaryl/α,β-unsaturated/α-hetero) is 1. The summed E-state index contributed by atoms with van der Waals surface area (Å²) in [5, 5.41) is 0. The van der Waals surface area contributed by atoms with Gasteiger partial charge in [-0.2, -0.15) is 0 Å². The van der Waals surface area contributed by atoms with E-state index in [2.05, 4.69) is 20.5 Å². The number of carbonyl (C=O) groups is 1. The van der Waals surface area contributed by atoms with E-state index < -0.39 is 0 Å². The zero-order chi connectivity index (χ0) is 15.7. The van der Waals surface area contributed by atoms with Crippen molar-refractivity contribution in [2.24, 2.45) is 0 Å². The molecule has 1 aromatic heterocycles. The van der Waals surface area contributed by atoms with Crippen molar-refractivity contribution >= 4 is 21.7 Å². The van der Waals surface area contributed by atoms with Gasteiger partial charge in [-0.1, -0.05) is 46.3 Å². The molecule has 0 bridgehead atoms. The summed E-state index contributed by atoms with van der Waals surface area (Å²) in [4.78, 5) is 12.1. The quantitative estimate of drug-likeness (QED) is 0.576. The van der Waals surface area contributed by atoms with Gasteiger partial charge in [0.1, 0.15) is 0 Å². The molecule has 2 aromatic carbocycles. The second-order valence-electron chi connectivity index (χ2n) is 5.27. The summed E-state index contributed by atoms with van der Waals surface area (Å²) >= 11 is 3.45. The van der Waals surface area contributed by atoms with Gasteiger partial charge in [0, 0.05) is 33.2 Å². The summed E-state index contributed by atoms with van der Waals surface area (Å²) in [7, 11) is 0. The predicted octanol–water partition coefficient (Wildman–Crippen LogP) is 5.42. The Morgan fingerprint density at radius 3 is 2.23 bits per heavy atom. The van der Waals surface area contributed by atoms with Crippen molar-refractivity contribution in [1.82, 2.24) is 4.57 Å². The van der Waals surface area contributed by atoms with E-state index in [0.717, 1.165) is 32.5 Å². The zero-order valence-corrected chi connectivity index (χ0v) is 14.1. The van der Waals surface area contributed by atoms with Crippen LogP contribution in [-0.4, -0.2) is 10.4 Å². The minimum atomic E-state index is 0.0881. The van der Waals surface area contributed by atoms with Crippen LogP contribution in [-0.2, 0) is 0 Å². The Morgan fingerprint density at radius 2 is 1.64 bits per heavy atom. The van der Waals surface area contributed by atoms with Crippen molar-refractivity contribution in [3.8, 4) is 16.8 Å². The normalized spacial score (nSPS) is 10.7. The highest BCUT2D eigenvalue weighted by molar-refractivity contribution is 9.10. The third-order valence-corrected chi connectivity index (χ3v) is 4.32. The first-order valence-electron chi connectivity index (χ1n) is 7.12. The van der Waals surface area contributed by atoms with Crippen LogP contribution in [0.5, 0.6) is 0 Å². The van der Waals surface area contributed by atoms with Crippen molar-refractivity contribution in [2.45, 2.75) is 13.8 Å². The summed E-state index contributed by atoms with van der Waals surface area (Å²) in [5.41, 5.74) is 4.83. The highest BCUT2D eigenvalue weighted by Crippen LogP contribution is 2.31. The van der Waals surface area contributed by atoms with E-state index in [0.29, 0.717) is 0 Å². The largest absolute Gasteiger partial charge is 0.320 e. The molecule has 0 saturated heterocycles. The third kappa shape index (κ3) is 2.64.